The maximum atomic E-state index is 12.2. The van der Waals surface area contributed by atoms with E-state index in [0.29, 0.717) is 30.8 Å². The van der Waals surface area contributed by atoms with E-state index in [9.17, 15) is 14.7 Å². The SMILES string of the molecule is Cc1c(NC(=O)N2CCC(O)C(C)C2)cccc1C(=O)O. The molecule has 3 N–H and O–H groups in total. The summed E-state index contributed by atoms with van der Waals surface area (Å²) in [7, 11) is 0. The zero-order valence-corrected chi connectivity index (χ0v) is 12.2. The first-order valence-electron chi connectivity index (χ1n) is 6.97. The first-order valence-corrected chi connectivity index (χ1v) is 6.97. The number of rotatable bonds is 2. The van der Waals surface area contributed by atoms with Crippen LogP contribution in [0, 0.1) is 12.8 Å². The van der Waals surface area contributed by atoms with Gasteiger partial charge < -0.3 is 20.4 Å². The van der Waals surface area contributed by atoms with Gasteiger partial charge in [-0.05, 0) is 37.0 Å². The predicted octanol–water partition coefficient (Wildman–Crippen LogP) is 1.93. The molecule has 2 unspecified atom stereocenters. The van der Waals surface area contributed by atoms with E-state index in [-0.39, 0.29) is 23.6 Å². The topological polar surface area (TPSA) is 89.9 Å². The number of amides is 2. The highest BCUT2D eigenvalue weighted by atomic mass is 16.4. The number of carbonyl (C=O) groups is 2. The normalized spacial score (nSPS) is 22.0. The third kappa shape index (κ3) is 3.33. The van der Waals surface area contributed by atoms with Gasteiger partial charge in [-0.2, -0.15) is 0 Å². The molecule has 1 fully saturated rings. The lowest BCUT2D eigenvalue weighted by molar-refractivity contribution is 0.0505. The predicted molar refractivity (Wildman–Crippen MR) is 78.5 cm³/mol. The molecule has 114 valence electrons. The van der Waals surface area contributed by atoms with Crippen molar-refractivity contribution in [2.75, 3.05) is 18.4 Å². The number of benzene rings is 1. The van der Waals surface area contributed by atoms with Gasteiger partial charge in [0.15, 0.2) is 0 Å². The quantitative estimate of drug-likeness (QED) is 0.777. The maximum absolute atomic E-state index is 12.2. The van der Waals surface area contributed by atoms with Crippen molar-refractivity contribution in [2.45, 2.75) is 26.4 Å². The molecule has 1 aromatic carbocycles. The van der Waals surface area contributed by atoms with Crippen LogP contribution in [0.3, 0.4) is 0 Å². The van der Waals surface area contributed by atoms with E-state index in [0.717, 1.165) is 0 Å². The molecule has 1 aliphatic rings. The Labute approximate surface area is 123 Å². The molecule has 0 aliphatic carbocycles. The monoisotopic (exact) mass is 292 g/mol. The lowest BCUT2D eigenvalue weighted by Crippen LogP contribution is -2.46. The molecule has 2 rings (SSSR count). The lowest BCUT2D eigenvalue weighted by atomic mass is 9.97. The fraction of sp³-hybridized carbons (Fsp3) is 0.467. The summed E-state index contributed by atoms with van der Waals surface area (Å²) in [5.41, 5.74) is 1.21. The van der Waals surface area contributed by atoms with Gasteiger partial charge in [-0.3, -0.25) is 0 Å². The summed E-state index contributed by atoms with van der Waals surface area (Å²) in [6.45, 7) is 4.56. The van der Waals surface area contributed by atoms with Crippen LogP contribution in [0.1, 0.15) is 29.3 Å². The Morgan fingerprint density at radius 2 is 2.10 bits per heavy atom. The average Bonchev–Trinajstić information content (AvgIpc) is 2.43. The number of urea groups is 1. The van der Waals surface area contributed by atoms with Crippen molar-refractivity contribution in [1.29, 1.82) is 0 Å². The Morgan fingerprint density at radius 1 is 1.38 bits per heavy atom. The standard InChI is InChI=1S/C15H20N2O4/c1-9-8-17(7-6-13(9)18)15(21)16-12-5-3-4-11(10(12)2)14(19)20/h3-5,9,13,18H,6-8H2,1-2H3,(H,16,21)(H,19,20). The van der Waals surface area contributed by atoms with Gasteiger partial charge in [-0.25, -0.2) is 9.59 Å². The average molecular weight is 292 g/mol. The molecule has 2 amide bonds. The van der Waals surface area contributed by atoms with Crippen molar-refractivity contribution >= 4 is 17.7 Å². The number of hydrogen-bond acceptors (Lipinski definition) is 3. The fourth-order valence-corrected chi connectivity index (χ4v) is 2.51. The number of likely N-dealkylation sites (tertiary alicyclic amines) is 1. The van der Waals surface area contributed by atoms with Crippen LogP contribution >= 0.6 is 0 Å². The number of carboxylic acid groups (broad SMARTS) is 1. The van der Waals surface area contributed by atoms with E-state index in [1.807, 2.05) is 6.92 Å². The summed E-state index contributed by atoms with van der Waals surface area (Å²) in [5.74, 6) is -0.978. The number of nitrogens with one attached hydrogen (secondary N) is 1. The number of piperidine rings is 1. The van der Waals surface area contributed by atoms with Gasteiger partial charge in [0, 0.05) is 18.8 Å². The zero-order chi connectivity index (χ0) is 15.6. The molecule has 1 saturated heterocycles. The van der Waals surface area contributed by atoms with Crippen molar-refractivity contribution in [3.8, 4) is 0 Å². The number of carbonyl (C=O) groups excluding carboxylic acids is 1. The Hall–Kier alpha value is -2.08. The third-order valence-electron chi connectivity index (χ3n) is 3.95. The van der Waals surface area contributed by atoms with Crippen LogP contribution < -0.4 is 5.32 Å². The molecule has 0 aromatic heterocycles. The zero-order valence-electron chi connectivity index (χ0n) is 12.2. The third-order valence-corrected chi connectivity index (χ3v) is 3.95. The van der Waals surface area contributed by atoms with Crippen LogP contribution in [0.4, 0.5) is 10.5 Å². The number of aliphatic hydroxyl groups excluding tert-OH is 1. The molecule has 0 saturated carbocycles. The first-order chi connectivity index (χ1) is 9.90. The Balaban J connectivity index is 2.10. The number of anilines is 1. The molecule has 0 bridgehead atoms. The van der Waals surface area contributed by atoms with Crippen molar-refractivity contribution in [3.63, 3.8) is 0 Å². The number of nitrogens with zero attached hydrogens (tertiary/aromatic N) is 1. The second-order valence-corrected chi connectivity index (χ2v) is 5.49. The lowest BCUT2D eigenvalue weighted by Gasteiger charge is -2.34. The molecule has 1 aliphatic heterocycles. The van der Waals surface area contributed by atoms with Gasteiger partial charge in [0.05, 0.1) is 11.7 Å². The minimum atomic E-state index is -1.02. The maximum Gasteiger partial charge on any atom is 0.336 e. The largest absolute Gasteiger partial charge is 0.478 e. The molecule has 6 heteroatoms. The minimum absolute atomic E-state index is 0.0379. The van der Waals surface area contributed by atoms with Crippen molar-refractivity contribution in [1.82, 2.24) is 4.90 Å². The second-order valence-electron chi connectivity index (χ2n) is 5.49. The number of aliphatic hydroxyl groups is 1. The second kappa shape index (κ2) is 6.13. The van der Waals surface area contributed by atoms with Crippen molar-refractivity contribution < 1.29 is 19.8 Å². The van der Waals surface area contributed by atoms with Crippen molar-refractivity contribution in [3.05, 3.63) is 29.3 Å². The Morgan fingerprint density at radius 3 is 2.71 bits per heavy atom. The minimum Gasteiger partial charge on any atom is -0.478 e. The Bertz CT molecular complexity index is 559. The van der Waals surface area contributed by atoms with E-state index >= 15 is 0 Å². The molecule has 6 nitrogen and oxygen atoms in total. The fourth-order valence-electron chi connectivity index (χ4n) is 2.51. The highest BCUT2D eigenvalue weighted by Gasteiger charge is 2.27. The number of hydrogen-bond donors (Lipinski definition) is 3. The van der Waals surface area contributed by atoms with E-state index in [4.69, 9.17) is 5.11 Å². The van der Waals surface area contributed by atoms with Crippen LogP contribution in [-0.2, 0) is 0 Å². The summed E-state index contributed by atoms with van der Waals surface area (Å²) in [6.07, 6.45) is 0.189. The number of aromatic carboxylic acids is 1. The van der Waals surface area contributed by atoms with E-state index in [1.165, 1.54) is 6.07 Å². The summed E-state index contributed by atoms with van der Waals surface area (Å²) in [6, 6.07) is 4.53. The Kier molecular flexibility index (Phi) is 4.47. The summed E-state index contributed by atoms with van der Waals surface area (Å²) >= 11 is 0. The smallest absolute Gasteiger partial charge is 0.336 e. The van der Waals surface area contributed by atoms with Crippen LogP contribution in [0.5, 0.6) is 0 Å². The highest BCUT2D eigenvalue weighted by molar-refractivity contribution is 5.95. The van der Waals surface area contributed by atoms with Crippen LogP contribution in [0.15, 0.2) is 18.2 Å². The molecule has 1 aromatic rings. The molecule has 21 heavy (non-hydrogen) atoms. The molecular formula is C15H20N2O4. The van der Waals surface area contributed by atoms with E-state index < -0.39 is 5.97 Å². The summed E-state index contributed by atoms with van der Waals surface area (Å²) < 4.78 is 0. The molecule has 1 heterocycles. The number of carboxylic acids is 1. The summed E-state index contributed by atoms with van der Waals surface area (Å²) in [5, 5.41) is 21.5. The van der Waals surface area contributed by atoms with Crippen LogP contribution in [0.25, 0.3) is 0 Å². The van der Waals surface area contributed by atoms with Gasteiger partial charge >= 0.3 is 12.0 Å². The van der Waals surface area contributed by atoms with Crippen LogP contribution in [-0.4, -0.2) is 46.3 Å². The van der Waals surface area contributed by atoms with Gasteiger partial charge in [0.1, 0.15) is 0 Å². The molecule has 0 radical (unpaired) electrons. The van der Waals surface area contributed by atoms with Crippen LogP contribution in [0.2, 0.25) is 0 Å². The van der Waals surface area contributed by atoms with E-state index in [1.54, 1.807) is 24.0 Å². The van der Waals surface area contributed by atoms with Crippen molar-refractivity contribution in [2.24, 2.45) is 5.92 Å². The van der Waals surface area contributed by atoms with Gasteiger partial charge in [0.2, 0.25) is 0 Å². The van der Waals surface area contributed by atoms with Gasteiger partial charge in [0.25, 0.3) is 0 Å². The highest BCUT2D eigenvalue weighted by Crippen LogP contribution is 2.21. The molecule has 2 atom stereocenters. The van der Waals surface area contributed by atoms with Gasteiger partial charge in [-0.1, -0.05) is 13.0 Å². The summed E-state index contributed by atoms with van der Waals surface area (Å²) in [4.78, 5) is 25.0. The van der Waals surface area contributed by atoms with E-state index in [2.05, 4.69) is 5.32 Å². The first kappa shape index (κ1) is 15.3. The molecule has 0 spiro atoms. The molecular weight excluding hydrogens is 272 g/mol. The van der Waals surface area contributed by atoms with Gasteiger partial charge in [-0.15, -0.1) is 0 Å².